The molecule has 0 spiro atoms. The van der Waals surface area contributed by atoms with Crippen molar-refractivity contribution in [3.8, 4) is 0 Å². The zero-order valence-corrected chi connectivity index (χ0v) is 9.57. The molecule has 0 aromatic carbocycles. The Balaban J connectivity index is 3.05. The molecule has 0 fully saturated rings. The van der Waals surface area contributed by atoms with Crippen molar-refractivity contribution in [3.63, 3.8) is 0 Å². The quantitative estimate of drug-likeness (QED) is 0.446. The minimum atomic E-state index is -0.440. The van der Waals surface area contributed by atoms with E-state index in [1.807, 2.05) is 6.92 Å². The van der Waals surface area contributed by atoms with Crippen LogP contribution in [0.15, 0.2) is 16.1 Å². The molecule has 0 saturated heterocycles. The number of furan rings is 1. The fourth-order valence-corrected chi connectivity index (χ4v) is 1.29. The summed E-state index contributed by atoms with van der Waals surface area (Å²) in [5.74, 6) is 0.534. The fourth-order valence-electron chi connectivity index (χ4n) is 1.29. The van der Waals surface area contributed by atoms with Crippen molar-refractivity contribution in [2.24, 2.45) is 0 Å². The number of esters is 1. The van der Waals surface area contributed by atoms with Gasteiger partial charge in [0, 0.05) is 0 Å². The summed E-state index contributed by atoms with van der Waals surface area (Å²) in [5, 5.41) is 0. The molecular weight excluding hydrogens is 208 g/mol. The normalized spacial score (nSPS) is 11.3. The molecule has 1 rings (SSSR count). The Hall–Kier alpha value is -1.84. The number of aldehydes is 1. The van der Waals surface area contributed by atoms with E-state index >= 15 is 0 Å². The van der Waals surface area contributed by atoms with Crippen LogP contribution in [0.2, 0.25) is 0 Å². The SMILES string of the molecule is CCC(C=O)=Cc1cc(C(=O)OC)c(C)o1. The number of carbonyl (C=O) groups excluding carboxylic acids is 2. The number of carbonyl (C=O) groups is 2. The number of aryl methyl sites for hydroxylation is 1. The van der Waals surface area contributed by atoms with Crippen LogP contribution in [0.5, 0.6) is 0 Å². The molecule has 0 atom stereocenters. The van der Waals surface area contributed by atoms with Gasteiger partial charge in [0.15, 0.2) is 0 Å². The topological polar surface area (TPSA) is 56.5 Å². The smallest absolute Gasteiger partial charge is 0.341 e. The number of ether oxygens (including phenoxy) is 1. The van der Waals surface area contributed by atoms with Crippen LogP contribution >= 0.6 is 0 Å². The van der Waals surface area contributed by atoms with Crippen molar-refractivity contribution in [1.29, 1.82) is 0 Å². The van der Waals surface area contributed by atoms with Crippen molar-refractivity contribution < 1.29 is 18.7 Å². The summed E-state index contributed by atoms with van der Waals surface area (Å²) < 4.78 is 9.93. The molecule has 0 radical (unpaired) electrons. The van der Waals surface area contributed by atoms with E-state index in [1.54, 1.807) is 19.1 Å². The van der Waals surface area contributed by atoms with E-state index in [1.165, 1.54) is 7.11 Å². The van der Waals surface area contributed by atoms with Crippen LogP contribution in [0.1, 0.15) is 35.2 Å². The van der Waals surface area contributed by atoms with Crippen LogP contribution < -0.4 is 0 Å². The molecule has 0 N–H and O–H groups in total. The number of hydrogen-bond donors (Lipinski definition) is 0. The standard InChI is InChI=1S/C12H14O4/c1-4-9(7-13)5-10-6-11(8(2)16-10)12(14)15-3/h5-7H,4H2,1-3H3. The molecule has 1 aromatic heterocycles. The molecule has 1 heterocycles. The van der Waals surface area contributed by atoms with Crippen LogP contribution in [0.3, 0.4) is 0 Å². The maximum absolute atomic E-state index is 11.3. The molecule has 4 nitrogen and oxygen atoms in total. The molecule has 0 saturated carbocycles. The molecule has 4 heteroatoms. The molecule has 0 aliphatic rings. The van der Waals surface area contributed by atoms with E-state index in [9.17, 15) is 9.59 Å². The third-order valence-electron chi connectivity index (χ3n) is 2.23. The van der Waals surface area contributed by atoms with Gasteiger partial charge in [-0.1, -0.05) is 6.92 Å². The van der Waals surface area contributed by atoms with E-state index in [2.05, 4.69) is 4.74 Å². The molecule has 0 bridgehead atoms. The Kier molecular flexibility index (Phi) is 4.05. The van der Waals surface area contributed by atoms with Crippen LogP contribution in [0.25, 0.3) is 6.08 Å². The van der Waals surface area contributed by atoms with E-state index in [-0.39, 0.29) is 0 Å². The second-order valence-corrected chi connectivity index (χ2v) is 3.30. The summed E-state index contributed by atoms with van der Waals surface area (Å²) in [6, 6.07) is 1.57. The van der Waals surface area contributed by atoms with Gasteiger partial charge in [0.25, 0.3) is 0 Å². The van der Waals surface area contributed by atoms with Gasteiger partial charge in [0.2, 0.25) is 0 Å². The number of allylic oxidation sites excluding steroid dienone is 1. The third-order valence-corrected chi connectivity index (χ3v) is 2.23. The summed E-state index contributed by atoms with van der Waals surface area (Å²) in [6.45, 7) is 3.55. The van der Waals surface area contributed by atoms with Gasteiger partial charge >= 0.3 is 5.97 Å². The lowest BCUT2D eigenvalue weighted by atomic mass is 10.2. The average Bonchev–Trinajstić information content (AvgIpc) is 2.66. The molecule has 86 valence electrons. The fraction of sp³-hybridized carbons (Fsp3) is 0.333. The Morgan fingerprint density at radius 2 is 2.25 bits per heavy atom. The first-order valence-electron chi connectivity index (χ1n) is 4.96. The highest BCUT2D eigenvalue weighted by atomic mass is 16.5. The van der Waals surface area contributed by atoms with E-state index in [4.69, 9.17) is 4.42 Å². The lowest BCUT2D eigenvalue weighted by Gasteiger charge is -1.93. The zero-order valence-electron chi connectivity index (χ0n) is 9.57. The van der Waals surface area contributed by atoms with Gasteiger partial charge < -0.3 is 9.15 Å². The largest absolute Gasteiger partial charge is 0.465 e. The zero-order chi connectivity index (χ0) is 12.1. The highest BCUT2D eigenvalue weighted by Gasteiger charge is 2.14. The van der Waals surface area contributed by atoms with Crippen LogP contribution in [0.4, 0.5) is 0 Å². The van der Waals surface area contributed by atoms with Crippen molar-refractivity contribution >= 4 is 18.3 Å². The minimum absolute atomic E-state index is 0.384. The van der Waals surface area contributed by atoms with Gasteiger partial charge in [0.05, 0.1) is 7.11 Å². The number of rotatable bonds is 4. The number of methoxy groups -OCH3 is 1. The Bertz CT molecular complexity index is 426. The van der Waals surface area contributed by atoms with Crippen LogP contribution in [-0.2, 0) is 9.53 Å². The molecule has 0 aliphatic heterocycles. The minimum Gasteiger partial charge on any atom is -0.465 e. The summed E-state index contributed by atoms with van der Waals surface area (Å²) >= 11 is 0. The maximum atomic E-state index is 11.3. The lowest BCUT2D eigenvalue weighted by Crippen LogP contribution is -2.00. The van der Waals surface area contributed by atoms with Gasteiger partial charge in [-0.15, -0.1) is 0 Å². The average molecular weight is 222 g/mol. The summed E-state index contributed by atoms with van der Waals surface area (Å²) in [6.07, 6.45) is 3.01. The highest BCUT2D eigenvalue weighted by molar-refractivity contribution is 5.91. The maximum Gasteiger partial charge on any atom is 0.341 e. The molecule has 0 aliphatic carbocycles. The van der Waals surface area contributed by atoms with Gasteiger partial charge in [-0.2, -0.15) is 0 Å². The Labute approximate surface area is 93.9 Å². The van der Waals surface area contributed by atoms with Crippen molar-refractivity contribution in [1.82, 2.24) is 0 Å². The molecule has 0 unspecified atom stereocenters. The first-order chi connectivity index (χ1) is 7.62. The van der Waals surface area contributed by atoms with Crippen LogP contribution in [0, 0.1) is 6.92 Å². The predicted octanol–water partition coefficient (Wildman–Crippen LogP) is 2.37. The van der Waals surface area contributed by atoms with Gasteiger partial charge in [-0.05, 0) is 31.1 Å². The van der Waals surface area contributed by atoms with E-state index in [0.717, 1.165) is 6.29 Å². The summed E-state index contributed by atoms with van der Waals surface area (Å²) in [7, 11) is 1.31. The molecular formula is C12H14O4. The monoisotopic (exact) mass is 222 g/mol. The highest BCUT2D eigenvalue weighted by Crippen LogP contribution is 2.18. The first kappa shape index (κ1) is 12.2. The van der Waals surface area contributed by atoms with E-state index in [0.29, 0.717) is 29.1 Å². The summed E-state index contributed by atoms with van der Waals surface area (Å²) in [5.41, 5.74) is 1.00. The van der Waals surface area contributed by atoms with Crippen molar-refractivity contribution in [2.45, 2.75) is 20.3 Å². The van der Waals surface area contributed by atoms with E-state index < -0.39 is 5.97 Å². The van der Waals surface area contributed by atoms with Crippen molar-refractivity contribution in [2.75, 3.05) is 7.11 Å². The summed E-state index contributed by atoms with van der Waals surface area (Å²) in [4.78, 5) is 21.9. The number of hydrogen-bond acceptors (Lipinski definition) is 4. The molecule has 0 amide bonds. The van der Waals surface area contributed by atoms with Crippen molar-refractivity contribution in [3.05, 3.63) is 28.7 Å². The Morgan fingerprint density at radius 1 is 1.56 bits per heavy atom. The first-order valence-corrected chi connectivity index (χ1v) is 4.96. The van der Waals surface area contributed by atoms with Gasteiger partial charge in [-0.25, -0.2) is 4.79 Å². The van der Waals surface area contributed by atoms with Crippen LogP contribution in [-0.4, -0.2) is 19.4 Å². The van der Waals surface area contributed by atoms with Gasteiger partial charge in [0.1, 0.15) is 23.4 Å². The second-order valence-electron chi connectivity index (χ2n) is 3.30. The third kappa shape index (κ3) is 2.59. The van der Waals surface area contributed by atoms with Gasteiger partial charge in [-0.3, -0.25) is 4.79 Å². The lowest BCUT2D eigenvalue weighted by molar-refractivity contribution is -0.104. The molecule has 16 heavy (non-hydrogen) atoms. The molecule has 1 aromatic rings. The second kappa shape index (κ2) is 5.30. The Morgan fingerprint density at radius 3 is 2.75 bits per heavy atom. The predicted molar refractivity (Wildman–Crippen MR) is 59.1 cm³/mol.